The van der Waals surface area contributed by atoms with E-state index >= 15 is 0 Å². The molecule has 1 amide bonds. The largest absolute Gasteiger partial charge is 0.497 e. The molecule has 1 atom stereocenters. The molecule has 1 heterocycles. The lowest BCUT2D eigenvalue weighted by Crippen LogP contribution is -2.51. The van der Waals surface area contributed by atoms with Crippen LogP contribution in [0.15, 0.2) is 48.5 Å². The highest BCUT2D eigenvalue weighted by Crippen LogP contribution is 2.44. The van der Waals surface area contributed by atoms with Crippen molar-refractivity contribution in [3.05, 3.63) is 64.7 Å². The fourth-order valence-corrected chi connectivity index (χ4v) is 4.79. The Balaban J connectivity index is 1.52. The van der Waals surface area contributed by atoms with Crippen molar-refractivity contribution in [2.75, 3.05) is 26.7 Å². The van der Waals surface area contributed by atoms with E-state index in [1.807, 2.05) is 36.4 Å². The van der Waals surface area contributed by atoms with E-state index in [-0.39, 0.29) is 11.9 Å². The van der Waals surface area contributed by atoms with Crippen LogP contribution in [0.25, 0.3) is 0 Å². The molecule has 2 aliphatic rings. The molecule has 1 saturated carbocycles. The van der Waals surface area contributed by atoms with Gasteiger partial charge in [-0.15, -0.1) is 0 Å². The second-order valence-corrected chi connectivity index (χ2v) is 8.62. The molecule has 1 aliphatic heterocycles. The highest BCUT2D eigenvalue weighted by atomic mass is 35.5. The van der Waals surface area contributed by atoms with E-state index < -0.39 is 5.41 Å². The highest BCUT2D eigenvalue weighted by molar-refractivity contribution is 6.30. The number of carbonyl (C=O) groups excluding carboxylic acids is 1. The van der Waals surface area contributed by atoms with Crippen LogP contribution in [0.5, 0.6) is 5.75 Å². The third-order valence-electron chi connectivity index (χ3n) is 6.55. The second-order valence-electron chi connectivity index (χ2n) is 8.19. The summed E-state index contributed by atoms with van der Waals surface area (Å²) in [6, 6.07) is 16.2. The summed E-state index contributed by atoms with van der Waals surface area (Å²) in [5.41, 5.74) is 1.86. The van der Waals surface area contributed by atoms with E-state index in [1.54, 1.807) is 7.11 Å². The molecular weight excluding hydrogens is 384 g/mol. The van der Waals surface area contributed by atoms with Gasteiger partial charge in [-0.3, -0.25) is 9.69 Å². The summed E-state index contributed by atoms with van der Waals surface area (Å²) in [5.74, 6) is 0.993. The maximum Gasteiger partial charge on any atom is 0.230 e. The summed E-state index contributed by atoms with van der Waals surface area (Å²) in [5, 5.41) is 4.00. The zero-order valence-electron chi connectivity index (χ0n) is 17.0. The topological polar surface area (TPSA) is 41.6 Å². The Hall–Kier alpha value is -2.04. The van der Waals surface area contributed by atoms with Crippen LogP contribution in [-0.2, 0) is 10.2 Å². The van der Waals surface area contributed by atoms with Crippen LogP contribution in [0.2, 0.25) is 5.02 Å². The third-order valence-corrected chi connectivity index (χ3v) is 6.81. The number of carbonyl (C=O) groups is 1. The molecule has 0 spiro atoms. The van der Waals surface area contributed by atoms with Gasteiger partial charge in [0.1, 0.15) is 5.75 Å². The predicted molar refractivity (Wildman–Crippen MR) is 117 cm³/mol. The quantitative estimate of drug-likeness (QED) is 0.715. The average molecular weight is 413 g/mol. The van der Waals surface area contributed by atoms with Crippen molar-refractivity contribution in [2.24, 2.45) is 0 Å². The Bertz CT molecular complexity index is 842. The first kappa shape index (κ1) is 20.2. The first-order valence-electron chi connectivity index (χ1n) is 10.5. The van der Waals surface area contributed by atoms with Gasteiger partial charge in [0.15, 0.2) is 0 Å². The summed E-state index contributed by atoms with van der Waals surface area (Å²) in [6.45, 7) is 2.75. The van der Waals surface area contributed by atoms with Gasteiger partial charge in [0.05, 0.1) is 18.6 Å². The van der Waals surface area contributed by atoms with Crippen LogP contribution in [0.3, 0.4) is 0 Å². The summed E-state index contributed by atoms with van der Waals surface area (Å²) in [4.78, 5) is 15.8. The van der Waals surface area contributed by atoms with E-state index in [9.17, 15) is 4.79 Å². The summed E-state index contributed by atoms with van der Waals surface area (Å²) >= 11 is 6.05. The molecular formula is C24H29ClN2O2. The third kappa shape index (κ3) is 4.15. The van der Waals surface area contributed by atoms with Crippen molar-refractivity contribution < 1.29 is 9.53 Å². The summed E-state index contributed by atoms with van der Waals surface area (Å²) in [6.07, 6.45) is 5.30. The Morgan fingerprint density at radius 1 is 1.14 bits per heavy atom. The van der Waals surface area contributed by atoms with E-state index in [0.717, 1.165) is 43.7 Å². The normalized spacial score (nSPS) is 19.4. The van der Waals surface area contributed by atoms with Gasteiger partial charge >= 0.3 is 0 Å². The van der Waals surface area contributed by atoms with Gasteiger partial charge in [-0.2, -0.15) is 0 Å². The summed E-state index contributed by atoms with van der Waals surface area (Å²) in [7, 11) is 1.69. The molecule has 0 bridgehead atoms. The number of rotatable bonds is 7. The smallest absolute Gasteiger partial charge is 0.230 e. The van der Waals surface area contributed by atoms with Crippen LogP contribution in [0.4, 0.5) is 0 Å². The fourth-order valence-electron chi connectivity index (χ4n) is 4.66. The number of halogens is 1. The number of likely N-dealkylation sites (tertiary alicyclic amines) is 1. The summed E-state index contributed by atoms with van der Waals surface area (Å²) < 4.78 is 5.42. The van der Waals surface area contributed by atoms with Gasteiger partial charge in [0.2, 0.25) is 5.91 Å². The molecule has 29 heavy (non-hydrogen) atoms. The van der Waals surface area contributed by atoms with E-state index in [4.69, 9.17) is 16.3 Å². The van der Waals surface area contributed by atoms with Crippen molar-refractivity contribution in [1.82, 2.24) is 10.2 Å². The van der Waals surface area contributed by atoms with Crippen LogP contribution < -0.4 is 10.1 Å². The van der Waals surface area contributed by atoms with Crippen LogP contribution in [-0.4, -0.2) is 37.6 Å². The van der Waals surface area contributed by atoms with E-state index in [2.05, 4.69) is 22.3 Å². The zero-order valence-corrected chi connectivity index (χ0v) is 17.8. The van der Waals surface area contributed by atoms with E-state index in [0.29, 0.717) is 11.6 Å². The molecule has 5 heteroatoms. The number of nitrogens with one attached hydrogen (secondary N) is 1. The van der Waals surface area contributed by atoms with Gasteiger partial charge in [-0.1, -0.05) is 42.3 Å². The molecule has 0 aromatic heterocycles. The molecule has 2 aromatic rings. The maximum atomic E-state index is 13.3. The molecule has 4 nitrogen and oxygen atoms in total. The van der Waals surface area contributed by atoms with Crippen LogP contribution in [0, 0.1) is 0 Å². The first-order valence-corrected chi connectivity index (χ1v) is 10.9. The van der Waals surface area contributed by atoms with Crippen molar-refractivity contribution in [3.8, 4) is 5.75 Å². The molecule has 1 aliphatic carbocycles. The molecule has 0 unspecified atom stereocenters. The van der Waals surface area contributed by atoms with Gasteiger partial charge in [-0.25, -0.2) is 0 Å². The second kappa shape index (κ2) is 8.76. The van der Waals surface area contributed by atoms with Crippen LogP contribution >= 0.6 is 11.6 Å². The number of ether oxygens (including phenoxy) is 1. The Kier molecular flexibility index (Phi) is 6.12. The van der Waals surface area contributed by atoms with Crippen LogP contribution in [0.1, 0.15) is 49.3 Å². The van der Waals surface area contributed by atoms with Gasteiger partial charge in [0, 0.05) is 11.6 Å². The minimum Gasteiger partial charge on any atom is -0.497 e. The number of hydrogen-bond donors (Lipinski definition) is 1. The Morgan fingerprint density at radius 2 is 1.86 bits per heavy atom. The van der Waals surface area contributed by atoms with Crippen molar-refractivity contribution in [1.29, 1.82) is 0 Å². The lowest BCUT2D eigenvalue weighted by Gasteiger charge is -2.41. The van der Waals surface area contributed by atoms with E-state index in [1.165, 1.54) is 18.4 Å². The molecule has 154 valence electrons. The molecule has 2 fully saturated rings. The van der Waals surface area contributed by atoms with Crippen molar-refractivity contribution in [3.63, 3.8) is 0 Å². The monoisotopic (exact) mass is 412 g/mol. The van der Waals surface area contributed by atoms with Crippen molar-refractivity contribution in [2.45, 2.75) is 43.6 Å². The Morgan fingerprint density at radius 3 is 2.48 bits per heavy atom. The number of hydrogen-bond acceptors (Lipinski definition) is 3. The van der Waals surface area contributed by atoms with Crippen molar-refractivity contribution >= 4 is 17.5 Å². The van der Waals surface area contributed by atoms with Gasteiger partial charge in [-0.05, 0) is 74.2 Å². The number of nitrogens with zero attached hydrogens (tertiary/aromatic N) is 1. The lowest BCUT2D eigenvalue weighted by atomic mass is 9.64. The average Bonchev–Trinajstić information content (AvgIpc) is 3.23. The molecule has 1 N–H and O–H groups in total. The number of amides is 1. The predicted octanol–water partition coefficient (Wildman–Crippen LogP) is 4.72. The Labute approximate surface area is 178 Å². The molecule has 1 saturated heterocycles. The number of methoxy groups -OCH3 is 1. The minimum atomic E-state index is -0.408. The minimum absolute atomic E-state index is 0.137. The molecule has 0 radical (unpaired) electrons. The van der Waals surface area contributed by atoms with Gasteiger partial charge < -0.3 is 10.1 Å². The number of benzene rings is 2. The molecule has 4 rings (SSSR count). The highest BCUT2D eigenvalue weighted by Gasteiger charge is 2.45. The fraction of sp³-hybridized carbons (Fsp3) is 0.458. The standard InChI is InChI=1S/C24H29ClN2O2/c1-29-21-7-4-6-18(16-21)22(27-14-2-3-15-27)17-26-23(28)24(12-5-13-24)19-8-10-20(25)11-9-19/h4,6-11,16,22H,2-3,5,12-15,17H2,1H3,(H,26,28)/t22-/m0/s1. The lowest BCUT2D eigenvalue weighted by molar-refractivity contribution is -0.130. The molecule has 2 aromatic carbocycles. The van der Waals surface area contributed by atoms with Gasteiger partial charge in [0.25, 0.3) is 0 Å². The SMILES string of the molecule is COc1cccc([C@H](CNC(=O)C2(c3ccc(Cl)cc3)CCC2)N2CCCC2)c1. The zero-order chi connectivity index (χ0) is 20.3. The maximum absolute atomic E-state index is 13.3. The first-order chi connectivity index (χ1) is 14.1.